The largest absolute Gasteiger partial charge is 0.445 e. The van der Waals surface area contributed by atoms with Crippen LogP contribution in [-0.4, -0.2) is 43.6 Å². The van der Waals surface area contributed by atoms with E-state index in [4.69, 9.17) is 13.9 Å². The summed E-state index contributed by atoms with van der Waals surface area (Å²) in [4.78, 5) is 12.4. The molecule has 0 radical (unpaired) electrons. The van der Waals surface area contributed by atoms with Crippen molar-refractivity contribution in [2.24, 2.45) is 0 Å². The van der Waals surface area contributed by atoms with Gasteiger partial charge >= 0.3 is 6.09 Å². The standard InChI is InChI=1S/C21H35NO5Si/c1-15-18(23)21(5,13-17(26-15)27-28(6,7)20(2,3)4)22-19(24)25-14-16-11-9-8-10-12-16/h8-12,15,17-18,23H,13-14H2,1-7H3,(H,22,24)/t15?,17-,18?,21-/m1/s1. The zero-order valence-electron chi connectivity index (χ0n) is 18.1. The first-order chi connectivity index (χ1) is 12.8. The lowest BCUT2D eigenvalue weighted by Crippen LogP contribution is -2.64. The van der Waals surface area contributed by atoms with E-state index < -0.39 is 38.4 Å². The van der Waals surface area contributed by atoms with Crippen LogP contribution in [0.5, 0.6) is 0 Å². The highest BCUT2D eigenvalue weighted by Gasteiger charge is 2.49. The molecule has 1 aromatic carbocycles. The number of alkyl carbamates (subject to hydrolysis) is 1. The topological polar surface area (TPSA) is 77.0 Å². The van der Waals surface area contributed by atoms with E-state index >= 15 is 0 Å². The van der Waals surface area contributed by atoms with Gasteiger partial charge in [0.15, 0.2) is 14.6 Å². The fraction of sp³-hybridized carbons (Fsp3) is 0.667. The lowest BCUT2D eigenvalue weighted by Gasteiger charge is -2.48. The first-order valence-corrected chi connectivity index (χ1v) is 12.7. The minimum atomic E-state index is -2.06. The maximum absolute atomic E-state index is 12.4. The molecule has 1 fully saturated rings. The maximum Gasteiger partial charge on any atom is 0.407 e. The maximum atomic E-state index is 12.4. The Hall–Kier alpha value is -1.41. The second-order valence-corrected chi connectivity index (χ2v) is 14.2. The van der Waals surface area contributed by atoms with Crippen molar-refractivity contribution in [3.63, 3.8) is 0 Å². The average Bonchev–Trinajstić information content (AvgIpc) is 2.57. The van der Waals surface area contributed by atoms with E-state index in [2.05, 4.69) is 39.2 Å². The monoisotopic (exact) mass is 409 g/mol. The third-order valence-corrected chi connectivity index (χ3v) is 10.4. The number of carbonyl (C=O) groups excluding carboxylic acids is 1. The lowest BCUT2D eigenvalue weighted by atomic mass is 9.85. The molecular weight excluding hydrogens is 374 g/mol. The van der Waals surface area contributed by atoms with E-state index in [1.165, 1.54) is 0 Å². The first-order valence-electron chi connectivity index (χ1n) is 9.84. The predicted molar refractivity (Wildman–Crippen MR) is 111 cm³/mol. The Morgan fingerprint density at radius 1 is 1.32 bits per heavy atom. The van der Waals surface area contributed by atoms with Crippen LogP contribution in [0.25, 0.3) is 0 Å². The number of aliphatic hydroxyl groups is 1. The van der Waals surface area contributed by atoms with Crippen molar-refractivity contribution >= 4 is 14.4 Å². The number of nitrogens with one attached hydrogen (secondary N) is 1. The summed E-state index contributed by atoms with van der Waals surface area (Å²) in [5.74, 6) is 0. The number of aliphatic hydroxyl groups excluding tert-OH is 1. The van der Waals surface area contributed by atoms with Crippen molar-refractivity contribution in [1.82, 2.24) is 5.32 Å². The Morgan fingerprint density at radius 2 is 1.93 bits per heavy atom. The normalized spacial score (nSPS) is 28.6. The highest BCUT2D eigenvalue weighted by atomic mass is 28.4. The summed E-state index contributed by atoms with van der Waals surface area (Å²) < 4.78 is 17.6. The highest BCUT2D eigenvalue weighted by Crippen LogP contribution is 2.40. The Morgan fingerprint density at radius 3 is 2.50 bits per heavy atom. The SMILES string of the molecule is CC1O[C@H](O[Si](C)(C)C(C)(C)C)C[C@@](C)(NC(=O)OCc2ccccc2)C1O. The van der Waals surface area contributed by atoms with Crippen molar-refractivity contribution in [2.45, 2.75) is 89.8 Å². The summed E-state index contributed by atoms with van der Waals surface area (Å²) in [7, 11) is -2.06. The van der Waals surface area contributed by atoms with Crippen LogP contribution in [0.3, 0.4) is 0 Å². The number of ether oxygens (including phenoxy) is 2. The van der Waals surface area contributed by atoms with Crippen LogP contribution in [0.1, 0.15) is 46.6 Å². The summed E-state index contributed by atoms with van der Waals surface area (Å²) in [6, 6.07) is 9.48. The van der Waals surface area contributed by atoms with Gasteiger partial charge in [-0.2, -0.15) is 0 Å². The summed E-state index contributed by atoms with van der Waals surface area (Å²) in [6.45, 7) is 14.6. The molecule has 28 heavy (non-hydrogen) atoms. The van der Waals surface area contributed by atoms with Crippen molar-refractivity contribution in [3.05, 3.63) is 35.9 Å². The minimum Gasteiger partial charge on any atom is -0.445 e. The van der Waals surface area contributed by atoms with E-state index in [1.54, 1.807) is 6.92 Å². The quantitative estimate of drug-likeness (QED) is 0.713. The van der Waals surface area contributed by atoms with Gasteiger partial charge in [0.2, 0.25) is 0 Å². The lowest BCUT2D eigenvalue weighted by molar-refractivity contribution is -0.213. The number of hydrogen-bond acceptors (Lipinski definition) is 5. The summed E-state index contributed by atoms with van der Waals surface area (Å²) in [5.41, 5.74) is 0.00110. The van der Waals surface area contributed by atoms with E-state index in [0.29, 0.717) is 6.42 Å². The number of amides is 1. The fourth-order valence-electron chi connectivity index (χ4n) is 3.04. The molecule has 2 N–H and O–H groups in total. The van der Waals surface area contributed by atoms with Gasteiger partial charge < -0.3 is 24.3 Å². The molecular formula is C21H35NO5Si. The van der Waals surface area contributed by atoms with Gasteiger partial charge in [-0.05, 0) is 37.5 Å². The average molecular weight is 410 g/mol. The summed E-state index contributed by atoms with van der Waals surface area (Å²) in [6.07, 6.45) is -2.03. The van der Waals surface area contributed by atoms with Crippen molar-refractivity contribution < 1.29 is 23.8 Å². The third-order valence-electron chi connectivity index (χ3n) is 5.89. The van der Waals surface area contributed by atoms with Gasteiger partial charge in [0.05, 0.1) is 11.6 Å². The van der Waals surface area contributed by atoms with Gasteiger partial charge in [0.25, 0.3) is 0 Å². The van der Waals surface area contributed by atoms with Crippen LogP contribution < -0.4 is 5.32 Å². The molecule has 1 aromatic rings. The van der Waals surface area contributed by atoms with Crippen LogP contribution in [0.4, 0.5) is 4.79 Å². The molecule has 7 heteroatoms. The predicted octanol–water partition coefficient (Wildman–Crippen LogP) is 4.19. The van der Waals surface area contributed by atoms with Crippen molar-refractivity contribution in [2.75, 3.05) is 0 Å². The molecule has 1 heterocycles. The molecule has 0 bridgehead atoms. The number of hydrogen-bond donors (Lipinski definition) is 2. The van der Waals surface area contributed by atoms with Gasteiger partial charge in [-0.1, -0.05) is 51.1 Å². The minimum absolute atomic E-state index is 0.0358. The van der Waals surface area contributed by atoms with Crippen LogP contribution in [-0.2, 0) is 20.5 Å². The van der Waals surface area contributed by atoms with Crippen molar-refractivity contribution in [3.8, 4) is 0 Å². The summed E-state index contributed by atoms with van der Waals surface area (Å²) >= 11 is 0. The molecule has 6 nitrogen and oxygen atoms in total. The zero-order chi connectivity index (χ0) is 21.2. The van der Waals surface area contributed by atoms with Gasteiger partial charge in [0.1, 0.15) is 12.7 Å². The van der Waals surface area contributed by atoms with Crippen LogP contribution >= 0.6 is 0 Å². The molecule has 0 saturated carbocycles. The molecule has 2 rings (SSSR count). The third kappa shape index (κ3) is 5.56. The number of carbonyl (C=O) groups is 1. The number of benzene rings is 1. The molecule has 1 amide bonds. The molecule has 1 aliphatic rings. The molecule has 0 aromatic heterocycles. The fourth-order valence-corrected chi connectivity index (χ4v) is 4.19. The smallest absolute Gasteiger partial charge is 0.407 e. The highest BCUT2D eigenvalue weighted by molar-refractivity contribution is 6.74. The van der Waals surface area contributed by atoms with Crippen LogP contribution in [0, 0.1) is 0 Å². The molecule has 0 aliphatic carbocycles. The van der Waals surface area contributed by atoms with Gasteiger partial charge in [0, 0.05) is 6.42 Å². The van der Waals surface area contributed by atoms with E-state index in [0.717, 1.165) is 5.56 Å². The van der Waals surface area contributed by atoms with E-state index in [1.807, 2.05) is 37.3 Å². The van der Waals surface area contributed by atoms with Crippen LogP contribution in [0.15, 0.2) is 30.3 Å². The molecule has 0 spiro atoms. The second-order valence-electron chi connectivity index (χ2n) is 9.40. The van der Waals surface area contributed by atoms with Gasteiger partial charge in [-0.25, -0.2) is 4.79 Å². The van der Waals surface area contributed by atoms with Crippen LogP contribution in [0.2, 0.25) is 18.1 Å². The number of rotatable bonds is 5. The first kappa shape index (κ1) is 22.9. The Kier molecular flexibility index (Phi) is 6.97. The van der Waals surface area contributed by atoms with Gasteiger partial charge in [-0.3, -0.25) is 0 Å². The molecule has 4 atom stereocenters. The Bertz CT molecular complexity index is 661. The molecule has 1 saturated heterocycles. The van der Waals surface area contributed by atoms with E-state index in [9.17, 15) is 9.90 Å². The van der Waals surface area contributed by atoms with Gasteiger partial charge in [-0.15, -0.1) is 0 Å². The molecule has 1 aliphatic heterocycles. The Balaban J connectivity index is 2.03. The zero-order valence-corrected chi connectivity index (χ0v) is 19.1. The second kappa shape index (κ2) is 8.53. The molecule has 158 valence electrons. The molecule has 2 unspecified atom stereocenters. The van der Waals surface area contributed by atoms with E-state index in [-0.39, 0.29) is 11.6 Å². The Labute approximate surface area is 169 Å². The van der Waals surface area contributed by atoms with Crippen molar-refractivity contribution in [1.29, 1.82) is 0 Å². The summed E-state index contributed by atoms with van der Waals surface area (Å²) in [5, 5.41) is 13.5.